The summed E-state index contributed by atoms with van der Waals surface area (Å²) in [4.78, 5) is 29.7. The van der Waals surface area contributed by atoms with Gasteiger partial charge < -0.3 is 4.57 Å². The standard InChI is InChI=1S/C21H26N4O2S/c1-15(2)12-14-28-20-22-18-17(19(26)24(4)21(27)23(18)3)25(20)13-8-11-16-9-6-5-7-10-16/h5-11,15H,12-14H2,1-4H3. The molecule has 0 fully saturated rings. The van der Waals surface area contributed by atoms with Gasteiger partial charge in [0.2, 0.25) is 0 Å². The Hall–Kier alpha value is -2.54. The fourth-order valence-electron chi connectivity index (χ4n) is 2.95. The molecule has 0 saturated heterocycles. The molecule has 3 rings (SSSR count). The van der Waals surface area contributed by atoms with Gasteiger partial charge in [-0.1, -0.05) is 68.1 Å². The van der Waals surface area contributed by atoms with Gasteiger partial charge in [-0.2, -0.15) is 0 Å². The Labute approximate surface area is 168 Å². The summed E-state index contributed by atoms with van der Waals surface area (Å²) in [6.45, 7) is 4.89. The van der Waals surface area contributed by atoms with Crippen molar-refractivity contribution in [3.63, 3.8) is 0 Å². The lowest BCUT2D eigenvalue weighted by atomic mass is 10.2. The zero-order chi connectivity index (χ0) is 20.3. The van der Waals surface area contributed by atoms with Gasteiger partial charge in [-0.25, -0.2) is 9.78 Å². The maximum absolute atomic E-state index is 12.8. The van der Waals surface area contributed by atoms with E-state index in [0.29, 0.717) is 23.6 Å². The Morgan fingerprint density at radius 2 is 1.82 bits per heavy atom. The summed E-state index contributed by atoms with van der Waals surface area (Å²) < 4.78 is 4.51. The van der Waals surface area contributed by atoms with Gasteiger partial charge in [0, 0.05) is 26.4 Å². The maximum Gasteiger partial charge on any atom is 0.332 e. The lowest BCUT2D eigenvalue weighted by molar-refractivity contribution is 0.630. The number of thioether (sulfide) groups is 1. The molecule has 0 N–H and O–H groups in total. The minimum atomic E-state index is -0.360. The SMILES string of the molecule is CC(C)CCSc1nc2c(c(=O)n(C)c(=O)n2C)n1CC=Cc1ccccc1. The van der Waals surface area contributed by atoms with Gasteiger partial charge in [0.05, 0.1) is 0 Å². The smallest absolute Gasteiger partial charge is 0.309 e. The second-order valence-corrected chi connectivity index (χ2v) is 8.29. The van der Waals surface area contributed by atoms with Crippen LogP contribution in [-0.2, 0) is 20.6 Å². The Bertz CT molecular complexity index is 1110. The number of benzene rings is 1. The number of fused-ring (bicyclic) bond motifs is 1. The molecule has 2 heterocycles. The Morgan fingerprint density at radius 3 is 2.50 bits per heavy atom. The first-order valence-electron chi connectivity index (χ1n) is 9.40. The lowest BCUT2D eigenvalue weighted by Gasteiger charge is -2.08. The van der Waals surface area contributed by atoms with Gasteiger partial charge in [0.15, 0.2) is 16.3 Å². The minimum Gasteiger partial charge on any atom is -0.309 e. The predicted molar refractivity (Wildman–Crippen MR) is 116 cm³/mol. The topological polar surface area (TPSA) is 61.8 Å². The third kappa shape index (κ3) is 4.14. The number of hydrogen-bond donors (Lipinski definition) is 0. The van der Waals surface area contributed by atoms with Crippen molar-refractivity contribution in [2.45, 2.75) is 32.0 Å². The Kier molecular flexibility index (Phi) is 6.24. The summed E-state index contributed by atoms with van der Waals surface area (Å²) in [7, 11) is 3.16. The van der Waals surface area contributed by atoms with Gasteiger partial charge in [-0.05, 0) is 17.9 Å². The molecule has 148 valence electrons. The Morgan fingerprint density at radius 1 is 1.11 bits per heavy atom. The van der Waals surface area contributed by atoms with E-state index < -0.39 is 0 Å². The molecule has 0 aliphatic carbocycles. The van der Waals surface area contributed by atoms with Gasteiger partial charge in [0.25, 0.3) is 5.56 Å². The van der Waals surface area contributed by atoms with E-state index in [2.05, 4.69) is 18.8 Å². The normalized spacial score (nSPS) is 11.9. The zero-order valence-electron chi connectivity index (χ0n) is 16.8. The second-order valence-electron chi connectivity index (χ2n) is 7.23. The van der Waals surface area contributed by atoms with Crippen LogP contribution in [0.5, 0.6) is 0 Å². The number of nitrogens with zero attached hydrogens (tertiary/aromatic N) is 4. The van der Waals surface area contributed by atoms with Crippen LogP contribution in [0.4, 0.5) is 0 Å². The molecule has 0 unspecified atom stereocenters. The summed E-state index contributed by atoms with van der Waals surface area (Å²) >= 11 is 1.63. The molecule has 28 heavy (non-hydrogen) atoms. The zero-order valence-corrected chi connectivity index (χ0v) is 17.6. The van der Waals surface area contributed by atoms with Gasteiger partial charge in [0.1, 0.15) is 0 Å². The van der Waals surface area contributed by atoms with Crippen molar-refractivity contribution in [1.29, 1.82) is 0 Å². The van der Waals surface area contributed by atoms with Crippen LogP contribution in [0.1, 0.15) is 25.8 Å². The highest BCUT2D eigenvalue weighted by molar-refractivity contribution is 7.99. The molecule has 1 aromatic carbocycles. The molecule has 0 saturated carbocycles. The molecular formula is C21H26N4O2S. The van der Waals surface area contributed by atoms with E-state index in [-0.39, 0.29) is 11.2 Å². The highest BCUT2D eigenvalue weighted by Gasteiger charge is 2.18. The van der Waals surface area contributed by atoms with Crippen molar-refractivity contribution in [3.8, 4) is 0 Å². The van der Waals surface area contributed by atoms with Crippen molar-refractivity contribution in [2.24, 2.45) is 20.0 Å². The van der Waals surface area contributed by atoms with Crippen molar-refractivity contribution in [2.75, 3.05) is 5.75 Å². The van der Waals surface area contributed by atoms with Crippen molar-refractivity contribution in [1.82, 2.24) is 18.7 Å². The summed E-state index contributed by atoms with van der Waals surface area (Å²) in [5, 5.41) is 0.770. The molecule has 0 aliphatic rings. The van der Waals surface area contributed by atoms with Crippen LogP contribution in [0.2, 0.25) is 0 Å². The quantitative estimate of drug-likeness (QED) is 0.573. The molecule has 2 aromatic heterocycles. The van der Waals surface area contributed by atoms with E-state index in [4.69, 9.17) is 0 Å². The van der Waals surface area contributed by atoms with Gasteiger partial charge in [-0.15, -0.1) is 0 Å². The van der Waals surface area contributed by atoms with Crippen LogP contribution in [0.15, 0.2) is 51.2 Å². The maximum atomic E-state index is 12.8. The third-order valence-corrected chi connectivity index (χ3v) is 5.65. The van der Waals surface area contributed by atoms with Crippen LogP contribution >= 0.6 is 11.8 Å². The van der Waals surface area contributed by atoms with Crippen molar-refractivity contribution < 1.29 is 0 Å². The molecule has 6 nitrogen and oxygen atoms in total. The predicted octanol–water partition coefficient (Wildman–Crippen LogP) is 3.29. The molecule has 0 bridgehead atoms. The van der Waals surface area contributed by atoms with E-state index in [1.165, 1.54) is 11.6 Å². The van der Waals surface area contributed by atoms with Crippen molar-refractivity contribution >= 4 is 29.0 Å². The molecular weight excluding hydrogens is 372 g/mol. The molecule has 0 radical (unpaired) electrons. The van der Waals surface area contributed by atoms with Crippen molar-refractivity contribution in [3.05, 3.63) is 62.8 Å². The monoisotopic (exact) mass is 398 g/mol. The van der Waals surface area contributed by atoms with Crippen LogP contribution in [0.25, 0.3) is 17.2 Å². The highest BCUT2D eigenvalue weighted by atomic mass is 32.2. The molecule has 3 aromatic rings. The van der Waals surface area contributed by atoms with Gasteiger partial charge in [-0.3, -0.25) is 13.9 Å². The highest BCUT2D eigenvalue weighted by Crippen LogP contribution is 2.23. The average molecular weight is 399 g/mol. The molecule has 0 amide bonds. The number of rotatable bonds is 7. The second kappa shape index (κ2) is 8.65. The summed E-state index contributed by atoms with van der Waals surface area (Å²) in [6.07, 6.45) is 5.11. The van der Waals surface area contributed by atoms with Crippen LogP contribution in [0, 0.1) is 5.92 Å². The average Bonchev–Trinajstić information content (AvgIpc) is 3.04. The van der Waals surface area contributed by atoms with E-state index in [1.807, 2.05) is 47.1 Å². The first-order chi connectivity index (χ1) is 13.4. The van der Waals surface area contributed by atoms with Crippen LogP contribution in [-0.4, -0.2) is 24.4 Å². The van der Waals surface area contributed by atoms with Crippen LogP contribution in [0.3, 0.4) is 0 Å². The molecule has 7 heteroatoms. The van der Waals surface area contributed by atoms with E-state index in [0.717, 1.165) is 27.5 Å². The number of imidazole rings is 1. The number of allylic oxidation sites excluding steroid dienone is 1. The first kappa shape index (κ1) is 20.2. The largest absolute Gasteiger partial charge is 0.332 e. The number of hydrogen-bond acceptors (Lipinski definition) is 4. The summed E-state index contributed by atoms with van der Waals surface area (Å²) in [6, 6.07) is 10.0. The fraction of sp³-hybridized carbons (Fsp3) is 0.381. The Balaban J connectivity index is 2.04. The third-order valence-electron chi connectivity index (χ3n) is 4.64. The fourth-order valence-corrected chi connectivity index (χ4v) is 4.19. The van der Waals surface area contributed by atoms with E-state index >= 15 is 0 Å². The molecule has 0 spiro atoms. The van der Waals surface area contributed by atoms with Crippen LogP contribution < -0.4 is 11.2 Å². The molecule has 0 aliphatic heterocycles. The van der Waals surface area contributed by atoms with E-state index in [1.54, 1.807) is 18.8 Å². The lowest BCUT2D eigenvalue weighted by Crippen LogP contribution is -2.37. The number of aromatic nitrogens is 4. The minimum absolute atomic E-state index is 0.311. The van der Waals surface area contributed by atoms with E-state index in [9.17, 15) is 9.59 Å². The summed E-state index contributed by atoms with van der Waals surface area (Å²) in [5.74, 6) is 1.51. The van der Waals surface area contributed by atoms with Gasteiger partial charge >= 0.3 is 5.69 Å². The number of aryl methyl sites for hydroxylation is 1. The first-order valence-corrected chi connectivity index (χ1v) is 10.4. The molecule has 0 atom stereocenters. The summed E-state index contributed by atoms with van der Waals surface area (Å²) in [5.41, 5.74) is 1.33.